The number of aryl methyl sites for hydroxylation is 1. The number of carbonyl (C=O) groups excluding carboxylic acids is 1. The van der Waals surface area contributed by atoms with E-state index in [-0.39, 0.29) is 6.04 Å². The molecule has 0 aliphatic heterocycles. The van der Waals surface area contributed by atoms with Gasteiger partial charge in [0.15, 0.2) is 5.54 Å². The molecular weight excluding hydrogens is 254 g/mol. The highest BCUT2D eigenvalue weighted by Crippen LogP contribution is 2.33. The highest BCUT2D eigenvalue weighted by Gasteiger charge is 2.45. The highest BCUT2D eigenvalue weighted by atomic mass is 16.4. The van der Waals surface area contributed by atoms with Crippen LogP contribution in [0.2, 0.25) is 0 Å². The molecule has 0 aliphatic rings. The minimum atomic E-state index is -1.30. The number of carboxylic acids is 1. The standard InChI is InChI=1S/C16H23NO3/c1-5-13-7-9-14(10-8-13)16(6-2,15(19)20)17(11-18)12(3)4/h7-12H,5-6H2,1-4H3,(H,19,20). The molecule has 0 bridgehead atoms. The van der Waals surface area contributed by atoms with Crippen LogP contribution in [0.5, 0.6) is 0 Å². The fraction of sp³-hybridized carbons (Fsp3) is 0.500. The largest absolute Gasteiger partial charge is 0.479 e. The van der Waals surface area contributed by atoms with E-state index in [2.05, 4.69) is 0 Å². The van der Waals surface area contributed by atoms with Crippen molar-refractivity contribution < 1.29 is 14.7 Å². The lowest BCUT2D eigenvalue weighted by Gasteiger charge is -2.40. The quantitative estimate of drug-likeness (QED) is 0.780. The number of carboxylic acid groups (broad SMARTS) is 1. The van der Waals surface area contributed by atoms with E-state index < -0.39 is 11.5 Å². The van der Waals surface area contributed by atoms with Gasteiger partial charge in [-0.1, -0.05) is 38.1 Å². The first-order valence-corrected chi connectivity index (χ1v) is 7.00. The minimum absolute atomic E-state index is 0.186. The normalized spacial score (nSPS) is 13.8. The summed E-state index contributed by atoms with van der Waals surface area (Å²) in [5, 5.41) is 9.75. The van der Waals surface area contributed by atoms with Crippen LogP contribution in [0.4, 0.5) is 0 Å². The Morgan fingerprint density at radius 1 is 1.30 bits per heavy atom. The van der Waals surface area contributed by atoms with Crippen LogP contribution in [0.3, 0.4) is 0 Å². The van der Waals surface area contributed by atoms with Crippen molar-refractivity contribution in [1.82, 2.24) is 4.90 Å². The van der Waals surface area contributed by atoms with Crippen molar-refractivity contribution in [2.45, 2.75) is 52.1 Å². The average molecular weight is 277 g/mol. The zero-order chi connectivity index (χ0) is 15.3. The Kier molecular flexibility index (Phi) is 5.31. The molecule has 0 saturated heterocycles. The number of benzene rings is 1. The molecule has 4 nitrogen and oxygen atoms in total. The van der Waals surface area contributed by atoms with E-state index in [1.54, 1.807) is 6.92 Å². The van der Waals surface area contributed by atoms with E-state index in [4.69, 9.17) is 0 Å². The zero-order valence-corrected chi connectivity index (χ0v) is 12.6. The second-order valence-electron chi connectivity index (χ2n) is 5.18. The number of hydrogen-bond donors (Lipinski definition) is 1. The summed E-state index contributed by atoms with van der Waals surface area (Å²) in [6.45, 7) is 7.48. The summed E-state index contributed by atoms with van der Waals surface area (Å²) in [5.74, 6) is -0.995. The van der Waals surface area contributed by atoms with Gasteiger partial charge >= 0.3 is 5.97 Å². The van der Waals surface area contributed by atoms with Gasteiger partial charge in [-0.15, -0.1) is 0 Å². The maximum Gasteiger partial charge on any atom is 0.334 e. The van der Waals surface area contributed by atoms with Crippen LogP contribution < -0.4 is 0 Å². The van der Waals surface area contributed by atoms with Crippen molar-refractivity contribution >= 4 is 12.4 Å². The lowest BCUT2D eigenvalue weighted by molar-refractivity contribution is -0.158. The molecule has 20 heavy (non-hydrogen) atoms. The molecular formula is C16H23NO3. The molecule has 1 N–H and O–H groups in total. The maximum atomic E-state index is 11.9. The van der Waals surface area contributed by atoms with Gasteiger partial charge in [0, 0.05) is 6.04 Å². The van der Waals surface area contributed by atoms with Crippen LogP contribution in [0.1, 0.15) is 45.2 Å². The number of hydrogen-bond acceptors (Lipinski definition) is 2. The third-order valence-corrected chi connectivity index (χ3v) is 3.82. The predicted molar refractivity (Wildman–Crippen MR) is 78.5 cm³/mol. The molecule has 0 spiro atoms. The minimum Gasteiger partial charge on any atom is -0.479 e. The summed E-state index contributed by atoms with van der Waals surface area (Å²) in [7, 11) is 0. The van der Waals surface area contributed by atoms with Gasteiger partial charge in [-0.3, -0.25) is 4.79 Å². The number of carbonyl (C=O) groups is 2. The van der Waals surface area contributed by atoms with Crippen molar-refractivity contribution in [2.75, 3.05) is 0 Å². The molecule has 1 amide bonds. The molecule has 1 aromatic carbocycles. The summed E-state index contributed by atoms with van der Waals surface area (Å²) in [6, 6.07) is 7.29. The van der Waals surface area contributed by atoms with Gasteiger partial charge in [0.25, 0.3) is 0 Å². The number of rotatable bonds is 7. The van der Waals surface area contributed by atoms with E-state index in [0.29, 0.717) is 18.4 Å². The van der Waals surface area contributed by atoms with Crippen LogP contribution in [-0.2, 0) is 21.5 Å². The summed E-state index contributed by atoms with van der Waals surface area (Å²) < 4.78 is 0. The average Bonchev–Trinajstić information content (AvgIpc) is 2.44. The van der Waals surface area contributed by atoms with Gasteiger partial charge in [-0.2, -0.15) is 0 Å². The lowest BCUT2D eigenvalue weighted by Crippen LogP contribution is -2.54. The molecule has 1 unspecified atom stereocenters. The molecule has 0 aliphatic carbocycles. The number of aliphatic carboxylic acids is 1. The second kappa shape index (κ2) is 6.55. The third-order valence-electron chi connectivity index (χ3n) is 3.82. The first-order valence-electron chi connectivity index (χ1n) is 7.00. The number of nitrogens with zero attached hydrogens (tertiary/aromatic N) is 1. The molecule has 0 saturated carbocycles. The summed E-state index contributed by atoms with van der Waals surface area (Å²) in [5.41, 5.74) is 0.485. The smallest absolute Gasteiger partial charge is 0.334 e. The van der Waals surface area contributed by atoms with Crippen LogP contribution in [0, 0.1) is 0 Å². The van der Waals surface area contributed by atoms with Gasteiger partial charge in [-0.25, -0.2) is 4.79 Å². The molecule has 4 heteroatoms. The Bertz CT molecular complexity index is 467. The molecule has 1 atom stereocenters. The molecule has 0 fully saturated rings. The van der Waals surface area contributed by atoms with Gasteiger partial charge < -0.3 is 10.0 Å². The SMILES string of the molecule is CCc1ccc(C(CC)(C(=O)O)N(C=O)C(C)C)cc1. The third kappa shape index (κ3) is 2.69. The molecule has 1 rings (SSSR count). The fourth-order valence-corrected chi connectivity index (χ4v) is 2.59. The molecule has 110 valence electrons. The summed E-state index contributed by atoms with van der Waals surface area (Å²) in [6.07, 6.45) is 1.86. The summed E-state index contributed by atoms with van der Waals surface area (Å²) >= 11 is 0. The Labute approximate surface area is 120 Å². The fourth-order valence-electron chi connectivity index (χ4n) is 2.59. The zero-order valence-electron chi connectivity index (χ0n) is 12.6. The van der Waals surface area contributed by atoms with E-state index in [1.807, 2.05) is 45.0 Å². The van der Waals surface area contributed by atoms with Crippen LogP contribution >= 0.6 is 0 Å². The summed E-state index contributed by atoms with van der Waals surface area (Å²) in [4.78, 5) is 24.7. The van der Waals surface area contributed by atoms with Crippen LogP contribution in [0.15, 0.2) is 24.3 Å². The van der Waals surface area contributed by atoms with Gasteiger partial charge in [0.2, 0.25) is 6.41 Å². The first-order chi connectivity index (χ1) is 9.43. The van der Waals surface area contributed by atoms with Crippen molar-refractivity contribution in [2.24, 2.45) is 0 Å². The number of amides is 1. The van der Waals surface area contributed by atoms with Crippen LogP contribution in [0.25, 0.3) is 0 Å². The van der Waals surface area contributed by atoms with E-state index in [0.717, 1.165) is 12.0 Å². The van der Waals surface area contributed by atoms with Crippen molar-refractivity contribution in [3.8, 4) is 0 Å². The maximum absolute atomic E-state index is 11.9. The first kappa shape index (κ1) is 16.2. The van der Waals surface area contributed by atoms with Crippen molar-refractivity contribution in [3.05, 3.63) is 35.4 Å². The van der Waals surface area contributed by atoms with E-state index in [1.165, 1.54) is 4.90 Å². The topological polar surface area (TPSA) is 57.6 Å². The molecule has 1 aromatic rings. The Morgan fingerprint density at radius 3 is 2.15 bits per heavy atom. The Balaban J connectivity index is 3.43. The lowest BCUT2D eigenvalue weighted by atomic mass is 9.84. The van der Waals surface area contributed by atoms with Gasteiger partial charge in [0.1, 0.15) is 0 Å². The van der Waals surface area contributed by atoms with Crippen molar-refractivity contribution in [1.29, 1.82) is 0 Å². The Hall–Kier alpha value is -1.84. The Morgan fingerprint density at radius 2 is 1.85 bits per heavy atom. The molecule has 0 heterocycles. The monoisotopic (exact) mass is 277 g/mol. The van der Waals surface area contributed by atoms with Gasteiger partial charge in [0.05, 0.1) is 0 Å². The van der Waals surface area contributed by atoms with E-state index >= 15 is 0 Å². The van der Waals surface area contributed by atoms with Gasteiger partial charge in [-0.05, 0) is 37.8 Å². The highest BCUT2D eigenvalue weighted by molar-refractivity contribution is 5.83. The van der Waals surface area contributed by atoms with Crippen molar-refractivity contribution in [3.63, 3.8) is 0 Å². The second-order valence-corrected chi connectivity index (χ2v) is 5.18. The van der Waals surface area contributed by atoms with Crippen LogP contribution in [-0.4, -0.2) is 28.4 Å². The van der Waals surface area contributed by atoms with E-state index in [9.17, 15) is 14.7 Å². The molecule has 0 aromatic heterocycles. The molecule has 0 radical (unpaired) electrons. The predicted octanol–water partition coefficient (Wildman–Crippen LogP) is 2.81.